The summed E-state index contributed by atoms with van der Waals surface area (Å²) in [6, 6.07) is 0. The Bertz CT molecular complexity index is 393. The molecule has 3 nitrogen and oxygen atoms in total. The SMILES string of the molecule is CC(=O)N1CCc2[nH]c(=S)sc2C1. The lowest BCUT2D eigenvalue weighted by atomic mass is 10.2. The molecule has 0 radical (unpaired) electrons. The average molecular weight is 214 g/mol. The maximum atomic E-state index is 11.1. The molecular weight excluding hydrogens is 204 g/mol. The molecule has 0 spiro atoms. The zero-order valence-corrected chi connectivity index (χ0v) is 8.93. The number of nitrogens with zero attached hydrogens (tertiary/aromatic N) is 1. The fraction of sp³-hybridized carbons (Fsp3) is 0.500. The number of carbonyl (C=O) groups is 1. The predicted octanol–water partition coefficient (Wildman–Crippen LogP) is 1.71. The van der Waals surface area contributed by atoms with Crippen LogP contribution >= 0.6 is 23.6 Å². The molecule has 1 aromatic rings. The van der Waals surface area contributed by atoms with E-state index >= 15 is 0 Å². The van der Waals surface area contributed by atoms with E-state index in [1.54, 1.807) is 18.3 Å². The highest BCUT2D eigenvalue weighted by Gasteiger charge is 2.19. The lowest BCUT2D eigenvalue weighted by molar-refractivity contribution is -0.129. The Morgan fingerprint density at radius 1 is 1.69 bits per heavy atom. The van der Waals surface area contributed by atoms with Crippen molar-refractivity contribution in [1.82, 2.24) is 9.88 Å². The number of H-pyrrole nitrogens is 1. The molecule has 70 valence electrons. The lowest BCUT2D eigenvalue weighted by Gasteiger charge is -2.24. The van der Waals surface area contributed by atoms with Crippen molar-refractivity contribution in [3.8, 4) is 0 Å². The topological polar surface area (TPSA) is 36.1 Å². The summed E-state index contributed by atoms with van der Waals surface area (Å²) in [5, 5.41) is 0. The quantitative estimate of drug-likeness (QED) is 0.667. The van der Waals surface area contributed by atoms with Gasteiger partial charge in [0, 0.05) is 30.5 Å². The van der Waals surface area contributed by atoms with Gasteiger partial charge >= 0.3 is 0 Å². The van der Waals surface area contributed by atoms with Gasteiger partial charge in [-0.3, -0.25) is 4.79 Å². The lowest BCUT2D eigenvalue weighted by Crippen LogP contribution is -2.33. The van der Waals surface area contributed by atoms with E-state index in [9.17, 15) is 4.79 Å². The Hall–Kier alpha value is -0.680. The predicted molar refractivity (Wildman–Crippen MR) is 54.3 cm³/mol. The van der Waals surface area contributed by atoms with Crippen LogP contribution in [0.25, 0.3) is 0 Å². The first-order chi connectivity index (χ1) is 6.16. The van der Waals surface area contributed by atoms with Gasteiger partial charge in [-0.15, -0.1) is 11.3 Å². The summed E-state index contributed by atoms with van der Waals surface area (Å²) in [5.74, 6) is 0.143. The van der Waals surface area contributed by atoms with E-state index in [1.165, 1.54) is 10.6 Å². The highest BCUT2D eigenvalue weighted by Crippen LogP contribution is 2.22. The number of hydrogen-bond donors (Lipinski definition) is 1. The molecule has 1 N–H and O–H groups in total. The minimum absolute atomic E-state index is 0.143. The minimum atomic E-state index is 0.143. The van der Waals surface area contributed by atoms with Crippen molar-refractivity contribution in [2.24, 2.45) is 0 Å². The van der Waals surface area contributed by atoms with Crippen LogP contribution in [0.4, 0.5) is 0 Å². The summed E-state index contributed by atoms with van der Waals surface area (Å²) in [7, 11) is 0. The third-order valence-corrected chi connectivity index (χ3v) is 3.48. The van der Waals surface area contributed by atoms with Gasteiger partial charge in [-0.2, -0.15) is 0 Å². The van der Waals surface area contributed by atoms with E-state index in [0.717, 1.165) is 23.5 Å². The van der Waals surface area contributed by atoms with Crippen LogP contribution in [0, 0.1) is 3.95 Å². The second-order valence-electron chi connectivity index (χ2n) is 3.11. The summed E-state index contributed by atoms with van der Waals surface area (Å²) >= 11 is 6.62. The van der Waals surface area contributed by atoms with Crippen molar-refractivity contribution >= 4 is 29.5 Å². The van der Waals surface area contributed by atoms with Crippen LogP contribution in [0.5, 0.6) is 0 Å². The van der Waals surface area contributed by atoms with Crippen LogP contribution < -0.4 is 0 Å². The zero-order valence-electron chi connectivity index (χ0n) is 7.29. The van der Waals surface area contributed by atoms with E-state index in [2.05, 4.69) is 4.98 Å². The first kappa shape index (κ1) is 8.90. The molecule has 13 heavy (non-hydrogen) atoms. The molecule has 1 aliphatic heterocycles. The van der Waals surface area contributed by atoms with Crippen molar-refractivity contribution in [3.05, 3.63) is 14.5 Å². The Morgan fingerprint density at radius 2 is 2.46 bits per heavy atom. The van der Waals surface area contributed by atoms with Gasteiger partial charge in [-0.25, -0.2) is 0 Å². The van der Waals surface area contributed by atoms with Gasteiger partial charge in [0.2, 0.25) is 5.91 Å². The molecular formula is C8H10N2OS2. The number of aromatic amines is 1. The Labute approximate surface area is 85.4 Å². The number of nitrogens with one attached hydrogen (secondary N) is 1. The van der Waals surface area contributed by atoms with Crippen LogP contribution in [0.15, 0.2) is 0 Å². The van der Waals surface area contributed by atoms with E-state index < -0.39 is 0 Å². The zero-order chi connectivity index (χ0) is 9.42. The van der Waals surface area contributed by atoms with Crippen LogP contribution in [0.2, 0.25) is 0 Å². The Morgan fingerprint density at radius 3 is 3.15 bits per heavy atom. The monoisotopic (exact) mass is 214 g/mol. The Balaban J connectivity index is 2.29. The fourth-order valence-corrected chi connectivity index (χ4v) is 2.81. The smallest absolute Gasteiger partial charge is 0.219 e. The second-order valence-corrected chi connectivity index (χ2v) is 4.88. The molecule has 0 saturated heterocycles. The maximum absolute atomic E-state index is 11.1. The highest BCUT2D eigenvalue weighted by atomic mass is 32.1. The highest BCUT2D eigenvalue weighted by molar-refractivity contribution is 7.73. The molecule has 0 saturated carbocycles. The molecule has 0 atom stereocenters. The van der Waals surface area contributed by atoms with Gasteiger partial charge in [0.1, 0.15) is 0 Å². The van der Waals surface area contributed by atoms with Gasteiger partial charge < -0.3 is 9.88 Å². The van der Waals surface area contributed by atoms with Gasteiger partial charge in [0.15, 0.2) is 3.95 Å². The van der Waals surface area contributed by atoms with E-state index in [1.807, 2.05) is 4.90 Å². The van der Waals surface area contributed by atoms with Crippen LogP contribution in [0.1, 0.15) is 17.5 Å². The molecule has 5 heteroatoms. The molecule has 0 fully saturated rings. The number of carbonyl (C=O) groups excluding carboxylic acids is 1. The van der Waals surface area contributed by atoms with Crippen molar-refractivity contribution in [3.63, 3.8) is 0 Å². The number of aromatic nitrogens is 1. The molecule has 1 aliphatic rings. The molecule has 0 aromatic carbocycles. The fourth-order valence-electron chi connectivity index (χ4n) is 1.49. The van der Waals surface area contributed by atoms with Crippen molar-refractivity contribution < 1.29 is 4.79 Å². The molecule has 1 amide bonds. The molecule has 0 bridgehead atoms. The average Bonchev–Trinajstić information content (AvgIpc) is 2.42. The summed E-state index contributed by atoms with van der Waals surface area (Å²) in [5.41, 5.74) is 1.22. The van der Waals surface area contributed by atoms with Gasteiger partial charge in [0.25, 0.3) is 0 Å². The van der Waals surface area contributed by atoms with Gasteiger partial charge in [-0.1, -0.05) is 0 Å². The summed E-state index contributed by atoms with van der Waals surface area (Å²) in [6.45, 7) is 3.14. The van der Waals surface area contributed by atoms with Gasteiger partial charge in [0.05, 0.1) is 6.54 Å². The van der Waals surface area contributed by atoms with Crippen molar-refractivity contribution in [2.75, 3.05) is 6.54 Å². The summed E-state index contributed by atoms with van der Waals surface area (Å²) < 4.78 is 0.815. The first-order valence-electron chi connectivity index (χ1n) is 4.13. The van der Waals surface area contributed by atoms with E-state index in [0.29, 0.717) is 0 Å². The molecule has 0 unspecified atom stereocenters. The molecule has 1 aromatic heterocycles. The second kappa shape index (κ2) is 3.23. The van der Waals surface area contributed by atoms with Crippen LogP contribution in [-0.4, -0.2) is 22.3 Å². The first-order valence-corrected chi connectivity index (χ1v) is 5.35. The Kier molecular flexibility index (Phi) is 2.21. The third-order valence-electron chi connectivity index (χ3n) is 2.22. The largest absolute Gasteiger partial charge is 0.341 e. The molecule has 0 aliphatic carbocycles. The van der Waals surface area contributed by atoms with Crippen LogP contribution in [-0.2, 0) is 17.8 Å². The number of hydrogen-bond acceptors (Lipinski definition) is 3. The molecule has 2 heterocycles. The number of thiazole rings is 1. The van der Waals surface area contributed by atoms with Crippen molar-refractivity contribution in [2.45, 2.75) is 19.9 Å². The van der Waals surface area contributed by atoms with E-state index in [-0.39, 0.29) is 5.91 Å². The third kappa shape index (κ3) is 1.66. The number of fused-ring (bicyclic) bond motifs is 1. The normalized spacial score (nSPS) is 15.6. The standard InChI is InChI=1S/C8H10N2OS2/c1-5(11)10-3-2-6-7(4-10)13-8(12)9-6/h2-4H2,1H3,(H,9,12). The summed E-state index contributed by atoms with van der Waals surface area (Å²) in [6.07, 6.45) is 0.905. The molecule has 2 rings (SSSR count). The minimum Gasteiger partial charge on any atom is -0.341 e. The van der Waals surface area contributed by atoms with Crippen LogP contribution in [0.3, 0.4) is 0 Å². The summed E-state index contributed by atoms with van der Waals surface area (Å²) in [4.78, 5) is 17.3. The van der Waals surface area contributed by atoms with Crippen molar-refractivity contribution in [1.29, 1.82) is 0 Å². The van der Waals surface area contributed by atoms with E-state index in [4.69, 9.17) is 12.2 Å². The number of rotatable bonds is 0. The maximum Gasteiger partial charge on any atom is 0.219 e. The number of amides is 1. The van der Waals surface area contributed by atoms with Gasteiger partial charge in [-0.05, 0) is 12.2 Å².